The molecule has 0 heterocycles. The summed E-state index contributed by atoms with van der Waals surface area (Å²) in [6.07, 6.45) is 4.02. The maximum Gasteiger partial charge on any atom is 0.0554 e. The third-order valence-electron chi connectivity index (χ3n) is 4.42. The van der Waals surface area contributed by atoms with Crippen LogP contribution in [0.4, 0.5) is 0 Å². The number of halogens is 1. The Kier molecular flexibility index (Phi) is 3.95. The molecule has 0 radical (unpaired) electrons. The molecule has 1 nitrogen and oxygen atoms in total. The van der Waals surface area contributed by atoms with Crippen LogP contribution in [-0.2, 0) is 0 Å². The lowest BCUT2D eigenvalue weighted by Gasteiger charge is -2.27. The fraction of sp³-hybridized carbons (Fsp3) is 0.333. The first-order chi connectivity index (χ1) is 9.65. The summed E-state index contributed by atoms with van der Waals surface area (Å²) < 4.78 is 1.09. The fourth-order valence-corrected chi connectivity index (χ4v) is 3.25. The number of hydrogen-bond donors (Lipinski definition) is 1. The molecule has 0 saturated heterocycles. The van der Waals surface area contributed by atoms with Crippen molar-refractivity contribution in [2.24, 2.45) is 5.73 Å². The van der Waals surface area contributed by atoms with E-state index in [9.17, 15) is 0 Å². The summed E-state index contributed by atoms with van der Waals surface area (Å²) in [5.74, 6) is 0.755. The SMILES string of the molecule is Cc1ccc(Br)cc1C(N)c1cccc(C2CCC2)c1. The third kappa shape index (κ3) is 2.68. The molecule has 3 rings (SSSR count). The normalized spacial score (nSPS) is 16.8. The fourth-order valence-electron chi connectivity index (χ4n) is 2.87. The highest BCUT2D eigenvalue weighted by Gasteiger charge is 2.20. The number of nitrogens with two attached hydrogens (primary N) is 1. The molecule has 0 bridgehead atoms. The molecule has 0 spiro atoms. The third-order valence-corrected chi connectivity index (χ3v) is 4.92. The molecule has 104 valence electrons. The van der Waals surface area contributed by atoms with Crippen molar-refractivity contribution in [1.29, 1.82) is 0 Å². The van der Waals surface area contributed by atoms with Gasteiger partial charge in [-0.1, -0.05) is 52.7 Å². The lowest BCUT2D eigenvalue weighted by atomic mass is 9.79. The molecule has 1 atom stereocenters. The zero-order valence-electron chi connectivity index (χ0n) is 11.8. The molecule has 1 fully saturated rings. The van der Waals surface area contributed by atoms with Gasteiger partial charge < -0.3 is 5.73 Å². The maximum absolute atomic E-state index is 6.49. The van der Waals surface area contributed by atoms with E-state index >= 15 is 0 Å². The predicted octanol–water partition coefficient (Wildman–Crippen LogP) is 5.07. The minimum absolute atomic E-state index is 0.0486. The van der Waals surface area contributed by atoms with Gasteiger partial charge in [0.15, 0.2) is 0 Å². The van der Waals surface area contributed by atoms with E-state index in [1.165, 1.54) is 41.5 Å². The van der Waals surface area contributed by atoms with Gasteiger partial charge >= 0.3 is 0 Å². The van der Waals surface area contributed by atoms with E-state index in [1.54, 1.807) is 0 Å². The molecule has 2 N–H and O–H groups in total. The second-order valence-electron chi connectivity index (χ2n) is 5.78. The number of rotatable bonds is 3. The second kappa shape index (κ2) is 5.71. The first kappa shape index (κ1) is 13.8. The Morgan fingerprint density at radius 3 is 2.65 bits per heavy atom. The van der Waals surface area contributed by atoms with Gasteiger partial charge in [-0.3, -0.25) is 0 Å². The van der Waals surface area contributed by atoms with Crippen molar-refractivity contribution in [3.8, 4) is 0 Å². The lowest BCUT2D eigenvalue weighted by Crippen LogP contribution is -2.15. The van der Waals surface area contributed by atoms with Crippen molar-refractivity contribution < 1.29 is 0 Å². The molecule has 0 aromatic heterocycles. The average molecular weight is 330 g/mol. The molecule has 1 unspecified atom stereocenters. The molecule has 2 aromatic carbocycles. The number of aryl methyl sites for hydroxylation is 1. The van der Waals surface area contributed by atoms with E-state index in [-0.39, 0.29) is 6.04 Å². The van der Waals surface area contributed by atoms with Gasteiger partial charge in [0.05, 0.1) is 6.04 Å². The van der Waals surface area contributed by atoms with Crippen LogP contribution in [0.3, 0.4) is 0 Å². The van der Waals surface area contributed by atoms with Crippen molar-refractivity contribution in [2.75, 3.05) is 0 Å². The molecular formula is C18H20BrN. The second-order valence-corrected chi connectivity index (χ2v) is 6.69. The van der Waals surface area contributed by atoms with E-state index in [4.69, 9.17) is 5.73 Å². The Balaban J connectivity index is 1.93. The molecule has 1 aliphatic carbocycles. The smallest absolute Gasteiger partial charge is 0.0554 e. The number of benzene rings is 2. The summed E-state index contributed by atoms with van der Waals surface area (Å²) in [5, 5.41) is 0. The summed E-state index contributed by atoms with van der Waals surface area (Å²) in [6, 6.07) is 15.1. The van der Waals surface area contributed by atoms with Crippen LogP contribution in [0.15, 0.2) is 46.9 Å². The first-order valence-electron chi connectivity index (χ1n) is 7.26. The highest BCUT2D eigenvalue weighted by Crippen LogP contribution is 2.37. The van der Waals surface area contributed by atoms with Crippen LogP contribution in [0, 0.1) is 6.92 Å². The quantitative estimate of drug-likeness (QED) is 0.835. The van der Waals surface area contributed by atoms with Crippen LogP contribution in [0.5, 0.6) is 0 Å². The highest BCUT2D eigenvalue weighted by atomic mass is 79.9. The zero-order valence-corrected chi connectivity index (χ0v) is 13.4. The van der Waals surface area contributed by atoms with Gasteiger partial charge in [0.2, 0.25) is 0 Å². The number of hydrogen-bond acceptors (Lipinski definition) is 1. The minimum atomic E-state index is -0.0486. The van der Waals surface area contributed by atoms with Crippen LogP contribution in [0.1, 0.15) is 53.5 Å². The highest BCUT2D eigenvalue weighted by molar-refractivity contribution is 9.10. The van der Waals surface area contributed by atoms with E-state index in [0.29, 0.717) is 0 Å². The van der Waals surface area contributed by atoms with Gasteiger partial charge in [-0.05, 0) is 60.1 Å². The molecule has 20 heavy (non-hydrogen) atoms. The van der Waals surface area contributed by atoms with E-state index < -0.39 is 0 Å². The summed E-state index contributed by atoms with van der Waals surface area (Å²) >= 11 is 3.54. The van der Waals surface area contributed by atoms with Gasteiger partial charge in [0.1, 0.15) is 0 Å². The molecule has 2 aromatic rings. The maximum atomic E-state index is 6.49. The standard InChI is InChI=1S/C18H20BrN/c1-12-8-9-16(19)11-17(12)18(20)15-7-3-6-14(10-15)13-4-2-5-13/h3,6-11,13,18H,2,4-5,20H2,1H3. The van der Waals surface area contributed by atoms with Crippen molar-refractivity contribution in [1.82, 2.24) is 0 Å². The van der Waals surface area contributed by atoms with Crippen LogP contribution in [0.25, 0.3) is 0 Å². The van der Waals surface area contributed by atoms with Crippen LogP contribution < -0.4 is 5.73 Å². The van der Waals surface area contributed by atoms with Gasteiger partial charge in [-0.25, -0.2) is 0 Å². The molecule has 0 amide bonds. The van der Waals surface area contributed by atoms with Crippen molar-refractivity contribution in [3.63, 3.8) is 0 Å². The minimum Gasteiger partial charge on any atom is -0.320 e. The first-order valence-corrected chi connectivity index (χ1v) is 8.06. The Morgan fingerprint density at radius 1 is 1.15 bits per heavy atom. The van der Waals surface area contributed by atoms with Gasteiger partial charge in [0, 0.05) is 4.47 Å². The van der Waals surface area contributed by atoms with Crippen molar-refractivity contribution in [3.05, 3.63) is 69.2 Å². The average Bonchev–Trinajstić information content (AvgIpc) is 2.39. The van der Waals surface area contributed by atoms with Crippen molar-refractivity contribution >= 4 is 15.9 Å². The van der Waals surface area contributed by atoms with Gasteiger partial charge in [-0.15, -0.1) is 0 Å². The monoisotopic (exact) mass is 329 g/mol. The molecular weight excluding hydrogens is 310 g/mol. The summed E-state index contributed by atoms with van der Waals surface area (Å²) in [6.45, 7) is 2.12. The van der Waals surface area contributed by atoms with E-state index in [0.717, 1.165) is 10.4 Å². The van der Waals surface area contributed by atoms with E-state index in [2.05, 4.69) is 65.3 Å². The summed E-state index contributed by atoms with van der Waals surface area (Å²) in [4.78, 5) is 0. The zero-order chi connectivity index (χ0) is 14.1. The molecule has 2 heteroatoms. The molecule has 0 aliphatic heterocycles. The lowest BCUT2D eigenvalue weighted by molar-refractivity contribution is 0.419. The van der Waals surface area contributed by atoms with Crippen LogP contribution >= 0.6 is 15.9 Å². The van der Waals surface area contributed by atoms with Crippen molar-refractivity contribution in [2.45, 2.75) is 38.1 Å². The Hall–Kier alpha value is -1.12. The predicted molar refractivity (Wildman–Crippen MR) is 87.9 cm³/mol. The Morgan fingerprint density at radius 2 is 1.95 bits per heavy atom. The Labute approximate surface area is 129 Å². The summed E-state index contributed by atoms with van der Waals surface area (Å²) in [7, 11) is 0. The topological polar surface area (TPSA) is 26.0 Å². The van der Waals surface area contributed by atoms with Gasteiger partial charge in [-0.2, -0.15) is 0 Å². The van der Waals surface area contributed by atoms with Crippen LogP contribution in [0.2, 0.25) is 0 Å². The van der Waals surface area contributed by atoms with Crippen LogP contribution in [-0.4, -0.2) is 0 Å². The summed E-state index contributed by atoms with van der Waals surface area (Å²) in [5.41, 5.74) is 11.6. The van der Waals surface area contributed by atoms with Gasteiger partial charge in [0.25, 0.3) is 0 Å². The molecule has 1 saturated carbocycles. The molecule has 1 aliphatic rings. The largest absolute Gasteiger partial charge is 0.320 e. The van der Waals surface area contributed by atoms with E-state index in [1.807, 2.05) is 0 Å². The Bertz CT molecular complexity index is 617.